The Kier molecular flexibility index (Phi) is 7.53. The number of carboxylic acid groups (broad SMARTS) is 1. The number of methoxy groups -OCH3 is 1. The number of benzene rings is 2. The van der Waals surface area contributed by atoms with Crippen LogP contribution < -0.4 is 0 Å². The van der Waals surface area contributed by atoms with Gasteiger partial charge >= 0.3 is 12.1 Å². The number of nitrogens with zero attached hydrogens (tertiary/aromatic N) is 3. The molecule has 6 rings (SSSR count). The van der Waals surface area contributed by atoms with Crippen molar-refractivity contribution in [3.8, 4) is 0 Å². The second-order valence-corrected chi connectivity index (χ2v) is 11.8. The number of carbonyl (C=O) groups excluding carboxylic acids is 1. The van der Waals surface area contributed by atoms with E-state index in [2.05, 4.69) is 41.8 Å². The van der Waals surface area contributed by atoms with Crippen LogP contribution in [-0.2, 0) is 33.7 Å². The number of aromatic nitrogens is 2. The number of aliphatic carboxylic acids is 1. The predicted molar refractivity (Wildman–Crippen MR) is 152 cm³/mol. The lowest BCUT2D eigenvalue weighted by Gasteiger charge is -2.31. The maximum Gasteiger partial charge on any atom is 0.409 e. The first-order valence-corrected chi connectivity index (χ1v) is 14.7. The highest BCUT2D eigenvalue weighted by atomic mass is 16.5. The molecular formula is C32H39N3O5. The van der Waals surface area contributed by atoms with Crippen LogP contribution in [0.5, 0.6) is 0 Å². The maximum atomic E-state index is 12.6. The zero-order chi connectivity index (χ0) is 27.8. The van der Waals surface area contributed by atoms with Crippen molar-refractivity contribution in [2.45, 2.75) is 76.3 Å². The average molecular weight is 546 g/mol. The van der Waals surface area contributed by atoms with Crippen LogP contribution in [0.25, 0.3) is 11.0 Å². The van der Waals surface area contributed by atoms with Crippen molar-refractivity contribution in [3.05, 3.63) is 64.5 Å². The largest absolute Gasteiger partial charge is 0.481 e. The molecule has 8 nitrogen and oxygen atoms in total. The highest BCUT2D eigenvalue weighted by molar-refractivity contribution is 5.84. The molecular weight excluding hydrogens is 506 g/mol. The number of rotatable bonds is 6. The van der Waals surface area contributed by atoms with Crippen LogP contribution in [-0.4, -0.2) is 58.5 Å². The molecule has 8 heteroatoms. The van der Waals surface area contributed by atoms with E-state index < -0.39 is 5.97 Å². The normalized spacial score (nSPS) is 23.6. The van der Waals surface area contributed by atoms with Gasteiger partial charge in [-0.2, -0.15) is 0 Å². The molecule has 0 bridgehead atoms. The van der Waals surface area contributed by atoms with Gasteiger partial charge in [0.1, 0.15) is 5.82 Å². The molecule has 1 amide bonds. The van der Waals surface area contributed by atoms with Crippen molar-refractivity contribution in [3.63, 3.8) is 0 Å². The summed E-state index contributed by atoms with van der Waals surface area (Å²) >= 11 is 0. The highest BCUT2D eigenvalue weighted by Gasteiger charge is 2.35. The van der Waals surface area contributed by atoms with Crippen LogP contribution in [0.2, 0.25) is 0 Å². The number of ether oxygens (including phenoxy) is 2. The van der Waals surface area contributed by atoms with Crippen LogP contribution in [0.1, 0.15) is 85.0 Å². The Morgan fingerprint density at radius 3 is 2.55 bits per heavy atom. The fraction of sp³-hybridized carbons (Fsp3) is 0.531. The van der Waals surface area contributed by atoms with Gasteiger partial charge in [0.15, 0.2) is 0 Å². The van der Waals surface area contributed by atoms with E-state index in [1.165, 1.54) is 23.8 Å². The van der Waals surface area contributed by atoms with E-state index in [1.807, 2.05) is 6.07 Å². The molecule has 1 N–H and O–H groups in total. The van der Waals surface area contributed by atoms with Gasteiger partial charge < -0.3 is 24.0 Å². The third-order valence-electron chi connectivity index (χ3n) is 9.31. The molecule has 1 aromatic heterocycles. The Balaban J connectivity index is 1.50. The van der Waals surface area contributed by atoms with Crippen LogP contribution in [0.15, 0.2) is 36.4 Å². The highest BCUT2D eigenvalue weighted by Crippen LogP contribution is 2.42. The monoisotopic (exact) mass is 545 g/mol. The minimum atomic E-state index is -0.690. The van der Waals surface area contributed by atoms with E-state index in [-0.39, 0.29) is 24.0 Å². The Morgan fingerprint density at radius 2 is 1.88 bits per heavy atom. The predicted octanol–water partition coefficient (Wildman–Crippen LogP) is 5.83. The summed E-state index contributed by atoms with van der Waals surface area (Å²) in [5.74, 6) is 0.635. The molecule has 40 heavy (non-hydrogen) atoms. The van der Waals surface area contributed by atoms with Crippen molar-refractivity contribution in [1.29, 1.82) is 0 Å². The van der Waals surface area contributed by atoms with Crippen molar-refractivity contribution >= 4 is 23.1 Å². The molecule has 2 atom stereocenters. The number of hydrogen-bond acceptors (Lipinski definition) is 5. The number of imidazole rings is 1. The second kappa shape index (κ2) is 11.2. The van der Waals surface area contributed by atoms with Crippen molar-refractivity contribution in [2.24, 2.45) is 5.92 Å². The van der Waals surface area contributed by atoms with Crippen molar-refractivity contribution in [1.82, 2.24) is 14.5 Å². The van der Waals surface area contributed by atoms with Crippen molar-refractivity contribution in [2.75, 3.05) is 26.9 Å². The second-order valence-electron chi connectivity index (χ2n) is 11.8. The third kappa shape index (κ3) is 4.98. The number of amides is 1. The minimum absolute atomic E-state index is 0.158. The zero-order valence-electron chi connectivity index (χ0n) is 23.5. The smallest absolute Gasteiger partial charge is 0.409 e. The molecule has 1 saturated heterocycles. The van der Waals surface area contributed by atoms with Gasteiger partial charge in [-0.25, -0.2) is 9.78 Å². The first-order chi connectivity index (χ1) is 19.4. The molecule has 2 fully saturated rings. The lowest BCUT2D eigenvalue weighted by atomic mass is 9.81. The number of carboxylic acids is 1. The van der Waals surface area contributed by atoms with E-state index in [9.17, 15) is 14.7 Å². The average Bonchev–Trinajstić information content (AvgIpc) is 3.65. The topological polar surface area (TPSA) is 93.9 Å². The van der Waals surface area contributed by atoms with E-state index in [0.717, 1.165) is 67.7 Å². The molecule has 212 valence electrons. The summed E-state index contributed by atoms with van der Waals surface area (Å²) in [6.07, 6.45) is 5.32. The standard InChI is InChI=1S/C32H39N3O5/c1-20(16-21-6-4-3-5-7-21)35-28-17-26(24-13-15-40-19-24)25-12-14-34(32(38)39-2)18-27(25)29(28)33-30(35)22-8-10-23(11-9-22)31(36)37/h3-7,17,20,22-24H,8-16,18-19H2,1-2H3,(H,36,37)/t20-,22?,23?,24-/m1/s1. The molecule has 3 heterocycles. The zero-order valence-corrected chi connectivity index (χ0v) is 23.5. The van der Waals surface area contributed by atoms with Gasteiger partial charge in [0.25, 0.3) is 0 Å². The molecule has 0 unspecified atom stereocenters. The van der Waals surface area contributed by atoms with E-state index >= 15 is 0 Å². The fourth-order valence-electron chi connectivity index (χ4n) is 7.18. The van der Waals surface area contributed by atoms with Crippen molar-refractivity contribution < 1.29 is 24.2 Å². The fourth-order valence-corrected chi connectivity index (χ4v) is 7.18. The summed E-state index contributed by atoms with van der Waals surface area (Å²) in [7, 11) is 1.44. The Bertz CT molecular complexity index is 1390. The Labute approximate surface area is 235 Å². The van der Waals surface area contributed by atoms with Gasteiger partial charge in [-0.05, 0) is 74.6 Å². The molecule has 3 aliphatic rings. The van der Waals surface area contributed by atoms with Crippen LogP contribution in [0.4, 0.5) is 4.79 Å². The quantitative estimate of drug-likeness (QED) is 0.419. The first-order valence-electron chi connectivity index (χ1n) is 14.7. The molecule has 1 saturated carbocycles. The van der Waals surface area contributed by atoms with Crippen LogP contribution in [0.3, 0.4) is 0 Å². The molecule has 2 aromatic carbocycles. The van der Waals surface area contributed by atoms with Crippen LogP contribution >= 0.6 is 0 Å². The number of hydrogen-bond donors (Lipinski definition) is 1. The van der Waals surface area contributed by atoms with E-state index in [1.54, 1.807) is 4.90 Å². The molecule has 2 aliphatic heterocycles. The van der Waals surface area contributed by atoms with Gasteiger partial charge in [0.2, 0.25) is 0 Å². The Hall–Kier alpha value is -3.39. The molecule has 1 aliphatic carbocycles. The van der Waals surface area contributed by atoms with E-state index in [0.29, 0.717) is 31.8 Å². The third-order valence-corrected chi connectivity index (χ3v) is 9.31. The summed E-state index contributed by atoms with van der Waals surface area (Å²) in [6, 6.07) is 13.1. The van der Waals surface area contributed by atoms with Gasteiger partial charge in [-0.1, -0.05) is 30.3 Å². The van der Waals surface area contributed by atoms with Gasteiger partial charge in [-0.15, -0.1) is 0 Å². The number of fused-ring (bicyclic) bond motifs is 3. The lowest BCUT2D eigenvalue weighted by Crippen LogP contribution is -2.36. The number of carbonyl (C=O) groups is 2. The molecule has 3 aromatic rings. The first kappa shape index (κ1) is 26.8. The molecule has 0 radical (unpaired) electrons. The van der Waals surface area contributed by atoms with Gasteiger partial charge in [0.05, 0.1) is 37.2 Å². The minimum Gasteiger partial charge on any atom is -0.481 e. The van der Waals surface area contributed by atoms with Crippen LogP contribution in [0, 0.1) is 5.92 Å². The SMILES string of the molecule is COC(=O)N1CCc2c([C@@H]3CCOC3)cc3c(nc(C4CCC(C(=O)O)CC4)n3[C@H](C)Cc3ccccc3)c2C1. The maximum absolute atomic E-state index is 12.6. The summed E-state index contributed by atoms with van der Waals surface area (Å²) in [4.78, 5) is 31.4. The summed E-state index contributed by atoms with van der Waals surface area (Å²) in [5, 5.41) is 9.60. The Morgan fingerprint density at radius 1 is 1.10 bits per heavy atom. The van der Waals surface area contributed by atoms with E-state index in [4.69, 9.17) is 14.5 Å². The summed E-state index contributed by atoms with van der Waals surface area (Å²) < 4.78 is 13.4. The summed E-state index contributed by atoms with van der Waals surface area (Å²) in [5.41, 5.74) is 7.13. The lowest BCUT2D eigenvalue weighted by molar-refractivity contribution is -0.142. The summed E-state index contributed by atoms with van der Waals surface area (Å²) in [6.45, 7) is 4.86. The molecule has 0 spiro atoms. The van der Waals surface area contributed by atoms with Gasteiger partial charge in [-0.3, -0.25) is 4.79 Å². The van der Waals surface area contributed by atoms with Gasteiger partial charge in [0, 0.05) is 36.6 Å².